The second-order valence-electron chi connectivity index (χ2n) is 5.49. The SMILES string of the molecule is CC[C@H](C)[C@H](CO)NC(=O)c1ccc(OC)c(-n2cccn2)c1. The Morgan fingerprint density at radius 3 is 2.83 bits per heavy atom. The molecule has 124 valence electrons. The average Bonchev–Trinajstić information content (AvgIpc) is 3.12. The number of rotatable bonds is 7. The van der Waals surface area contributed by atoms with E-state index in [0.29, 0.717) is 17.0 Å². The molecule has 0 saturated heterocycles. The van der Waals surface area contributed by atoms with Crippen LogP contribution in [0.15, 0.2) is 36.7 Å². The summed E-state index contributed by atoms with van der Waals surface area (Å²) < 4.78 is 6.98. The third kappa shape index (κ3) is 3.90. The lowest BCUT2D eigenvalue weighted by atomic mass is 9.99. The molecule has 0 aliphatic rings. The lowest BCUT2D eigenvalue weighted by Crippen LogP contribution is -2.41. The van der Waals surface area contributed by atoms with Crippen LogP contribution < -0.4 is 10.1 Å². The molecule has 0 radical (unpaired) electrons. The summed E-state index contributed by atoms with van der Waals surface area (Å²) in [4.78, 5) is 12.5. The van der Waals surface area contributed by atoms with Gasteiger partial charge in [0.15, 0.2) is 0 Å². The minimum absolute atomic E-state index is 0.0804. The van der Waals surface area contributed by atoms with E-state index in [1.807, 2.05) is 13.8 Å². The van der Waals surface area contributed by atoms with Crippen molar-refractivity contribution in [2.24, 2.45) is 5.92 Å². The third-order valence-electron chi connectivity index (χ3n) is 4.04. The summed E-state index contributed by atoms with van der Waals surface area (Å²) in [5.41, 5.74) is 1.19. The van der Waals surface area contributed by atoms with Crippen LogP contribution in [-0.2, 0) is 0 Å². The number of carbonyl (C=O) groups excluding carboxylic acids is 1. The minimum Gasteiger partial charge on any atom is -0.494 e. The number of hydrogen-bond acceptors (Lipinski definition) is 4. The predicted molar refractivity (Wildman–Crippen MR) is 87.9 cm³/mol. The number of ether oxygens (including phenoxy) is 1. The Kier molecular flexibility index (Phi) is 5.76. The normalized spacial score (nSPS) is 13.4. The molecular formula is C17H23N3O3. The van der Waals surface area contributed by atoms with E-state index in [1.54, 1.807) is 48.5 Å². The molecule has 1 aromatic carbocycles. The third-order valence-corrected chi connectivity index (χ3v) is 4.04. The highest BCUT2D eigenvalue weighted by Crippen LogP contribution is 2.23. The van der Waals surface area contributed by atoms with Gasteiger partial charge >= 0.3 is 0 Å². The number of benzene rings is 1. The van der Waals surface area contributed by atoms with Gasteiger partial charge in [-0.2, -0.15) is 5.10 Å². The van der Waals surface area contributed by atoms with Gasteiger partial charge in [0.25, 0.3) is 5.91 Å². The Labute approximate surface area is 136 Å². The van der Waals surface area contributed by atoms with Crippen LogP contribution in [0, 0.1) is 5.92 Å². The second-order valence-corrected chi connectivity index (χ2v) is 5.49. The quantitative estimate of drug-likeness (QED) is 0.819. The van der Waals surface area contributed by atoms with Gasteiger partial charge in [-0.05, 0) is 30.2 Å². The van der Waals surface area contributed by atoms with Gasteiger partial charge in [-0.25, -0.2) is 4.68 Å². The number of nitrogens with one attached hydrogen (secondary N) is 1. The van der Waals surface area contributed by atoms with E-state index >= 15 is 0 Å². The van der Waals surface area contributed by atoms with E-state index < -0.39 is 0 Å². The van der Waals surface area contributed by atoms with Gasteiger partial charge < -0.3 is 15.2 Å². The predicted octanol–water partition coefficient (Wildman–Crippen LogP) is 2.02. The maximum Gasteiger partial charge on any atom is 0.251 e. The lowest BCUT2D eigenvalue weighted by molar-refractivity contribution is 0.0891. The Morgan fingerprint density at radius 1 is 1.48 bits per heavy atom. The van der Waals surface area contributed by atoms with Crippen LogP contribution in [0.5, 0.6) is 5.75 Å². The lowest BCUT2D eigenvalue weighted by Gasteiger charge is -2.22. The van der Waals surface area contributed by atoms with Crippen LogP contribution in [0.3, 0.4) is 0 Å². The first kappa shape index (κ1) is 17.0. The highest BCUT2D eigenvalue weighted by molar-refractivity contribution is 5.95. The van der Waals surface area contributed by atoms with Gasteiger partial charge in [-0.15, -0.1) is 0 Å². The smallest absolute Gasteiger partial charge is 0.251 e. The average molecular weight is 317 g/mol. The molecule has 1 heterocycles. The van der Waals surface area contributed by atoms with E-state index in [0.717, 1.165) is 6.42 Å². The molecule has 23 heavy (non-hydrogen) atoms. The number of aromatic nitrogens is 2. The first-order valence-corrected chi connectivity index (χ1v) is 7.70. The van der Waals surface area contributed by atoms with Gasteiger partial charge in [0.2, 0.25) is 0 Å². The van der Waals surface area contributed by atoms with E-state index in [4.69, 9.17) is 4.74 Å². The van der Waals surface area contributed by atoms with Crippen LogP contribution in [-0.4, -0.2) is 40.6 Å². The fraction of sp³-hybridized carbons (Fsp3) is 0.412. The Hall–Kier alpha value is -2.34. The van der Waals surface area contributed by atoms with Gasteiger partial charge in [0.05, 0.1) is 19.8 Å². The maximum atomic E-state index is 12.5. The number of aliphatic hydroxyl groups is 1. The van der Waals surface area contributed by atoms with Crippen molar-refractivity contribution in [2.75, 3.05) is 13.7 Å². The highest BCUT2D eigenvalue weighted by atomic mass is 16.5. The van der Waals surface area contributed by atoms with Crippen molar-refractivity contribution in [3.05, 3.63) is 42.2 Å². The van der Waals surface area contributed by atoms with Crippen LogP contribution >= 0.6 is 0 Å². The zero-order valence-corrected chi connectivity index (χ0v) is 13.7. The summed E-state index contributed by atoms with van der Waals surface area (Å²) in [5.74, 6) is 0.610. The van der Waals surface area contributed by atoms with Crippen LogP contribution in [0.2, 0.25) is 0 Å². The molecule has 0 aliphatic heterocycles. The van der Waals surface area contributed by atoms with Crippen LogP contribution in [0.4, 0.5) is 0 Å². The largest absolute Gasteiger partial charge is 0.494 e. The van der Waals surface area contributed by atoms with Crippen molar-refractivity contribution in [1.82, 2.24) is 15.1 Å². The number of aliphatic hydroxyl groups excluding tert-OH is 1. The number of amides is 1. The molecule has 1 aromatic heterocycles. The van der Waals surface area contributed by atoms with Crippen molar-refractivity contribution in [3.8, 4) is 11.4 Å². The zero-order chi connectivity index (χ0) is 16.8. The summed E-state index contributed by atoms with van der Waals surface area (Å²) >= 11 is 0. The molecular weight excluding hydrogens is 294 g/mol. The van der Waals surface area contributed by atoms with Crippen molar-refractivity contribution >= 4 is 5.91 Å². The summed E-state index contributed by atoms with van der Waals surface area (Å²) in [7, 11) is 1.58. The molecule has 0 saturated carbocycles. The Balaban J connectivity index is 2.26. The van der Waals surface area contributed by atoms with Crippen molar-refractivity contribution in [1.29, 1.82) is 0 Å². The van der Waals surface area contributed by atoms with E-state index in [2.05, 4.69) is 10.4 Å². The molecule has 1 amide bonds. The van der Waals surface area contributed by atoms with E-state index in [1.165, 1.54) is 0 Å². The van der Waals surface area contributed by atoms with Crippen molar-refractivity contribution in [2.45, 2.75) is 26.3 Å². The fourth-order valence-electron chi connectivity index (χ4n) is 2.33. The number of nitrogens with zero attached hydrogens (tertiary/aromatic N) is 2. The Morgan fingerprint density at radius 2 is 2.26 bits per heavy atom. The van der Waals surface area contributed by atoms with Crippen LogP contribution in [0.1, 0.15) is 30.6 Å². The summed E-state index contributed by atoms with van der Waals surface area (Å²) in [5, 5.41) is 16.5. The standard InChI is InChI=1S/C17H23N3O3/c1-4-12(2)14(11-21)19-17(22)13-6-7-16(23-3)15(10-13)20-9-5-8-18-20/h5-10,12,14,21H,4,11H2,1-3H3,(H,19,22)/t12-,14-/m0/s1. The van der Waals surface area contributed by atoms with Crippen molar-refractivity contribution < 1.29 is 14.6 Å². The fourth-order valence-corrected chi connectivity index (χ4v) is 2.33. The maximum absolute atomic E-state index is 12.5. The van der Waals surface area contributed by atoms with Gasteiger partial charge in [-0.3, -0.25) is 4.79 Å². The monoisotopic (exact) mass is 317 g/mol. The second kappa shape index (κ2) is 7.78. The molecule has 6 heteroatoms. The molecule has 0 aliphatic carbocycles. The Bertz CT molecular complexity index is 641. The molecule has 2 rings (SSSR count). The molecule has 6 nitrogen and oxygen atoms in total. The van der Waals surface area contributed by atoms with Gasteiger partial charge in [-0.1, -0.05) is 20.3 Å². The first-order valence-electron chi connectivity index (χ1n) is 7.70. The van der Waals surface area contributed by atoms with E-state index in [-0.39, 0.29) is 24.5 Å². The van der Waals surface area contributed by atoms with Crippen LogP contribution in [0.25, 0.3) is 5.69 Å². The minimum atomic E-state index is -0.261. The molecule has 2 aromatic rings. The molecule has 2 atom stereocenters. The molecule has 0 spiro atoms. The summed E-state index contributed by atoms with van der Waals surface area (Å²) in [6.07, 6.45) is 4.33. The van der Waals surface area contributed by atoms with Gasteiger partial charge in [0, 0.05) is 18.0 Å². The molecule has 0 unspecified atom stereocenters. The topological polar surface area (TPSA) is 76.4 Å². The molecule has 0 bridgehead atoms. The zero-order valence-electron chi connectivity index (χ0n) is 13.7. The van der Waals surface area contributed by atoms with Gasteiger partial charge in [0.1, 0.15) is 11.4 Å². The first-order chi connectivity index (χ1) is 11.1. The summed E-state index contributed by atoms with van der Waals surface area (Å²) in [6.45, 7) is 3.95. The molecule has 2 N–H and O–H groups in total. The number of carbonyl (C=O) groups is 1. The van der Waals surface area contributed by atoms with E-state index in [9.17, 15) is 9.90 Å². The number of hydrogen-bond donors (Lipinski definition) is 2. The summed E-state index contributed by atoms with van der Waals surface area (Å²) in [6, 6.07) is 6.71. The molecule has 0 fully saturated rings. The highest BCUT2D eigenvalue weighted by Gasteiger charge is 2.19. The number of methoxy groups -OCH3 is 1. The van der Waals surface area contributed by atoms with Crippen molar-refractivity contribution in [3.63, 3.8) is 0 Å².